The molecule has 1 aliphatic heterocycles. The van der Waals surface area contributed by atoms with Crippen molar-refractivity contribution in [3.63, 3.8) is 0 Å². The summed E-state index contributed by atoms with van der Waals surface area (Å²) >= 11 is 0. The molecule has 1 N–H and O–H groups in total. The lowest BCUT2D eigenvalue weighted by Crippen LogP contribution is -2.33. The number of fused-ring (bicyclic) bond motifs is 1. The standard InChI is InChI=1S/C18H23N3O2S/c22-24(23,17-7-8-17)19-11-14-9-10-21(12-14)13-16-6-5-15-3-1-2-4-18(15)20-16/h1-6,14,17,19H,7-13H2. The van der Waals surface area contributed by atoms with Gasteiger partial charge in [-0.15, -0.1) is 0 Å². The molecule has 0 amide bonds. The van der Waals surface area contributed by atoms with Crippen LogP contribution in [0.4, 0.5) is 0 Å². The van der Waals surface area contributed by atoms with Crippen LogP contribution in [0, 0.1) is 5.92 Å². The molecule has 0 radical (unpaired) electrons. The second-order valence-corrected chi connectivity index (χ2v) is 9.02. The molecular weight excluding hydrogens is 322 g/mol. The van der Waals surface area contributed by atoms with Crippen LogP contribution in [0.15, 0.2) is 36.4 Å². The number of rotatable bonds is 6. The van der Waals surface area contributed by atoms with E-state index < -0.39 is 10.0 Å². The first-order chi connectivity index (χ1) is 11.6. The first kappa shape index (κ1) is 16.0. The summed E-state index contributed by atoms with van der Waals surface area (Å²) in [5.74, 6) is 0.402. The zero-order chi connectivity index (χ0) is 16.6. The van der Waals surface area contributed by atoms with Gasteiger partial charge in [0.05, 0.1) is 16.5 Å². The molecule has 0 bridgehead atoms. The Bertz CT molecular complexity index is 833. The van der Waals surface area contributed by atoms with Gasteiger partial charge in [0.1, 0.15) is 0 Å². The Kier molecular flexibility index (Phi) is 4.28. The zero-order valence-electron chi connectivity index (χ0n) is 13.7. The molecule has 1 saturated heterocycles. The first-order valence-corrected chi connectivity index (χ1v) is 10.2. The maximum absolute atomic E-state index is 11.9. The van der Waals surface area contributed by atoms with Crippen LogP contribution in [0.3, 0.4) is 0 Å². The van der Waals surface area contributed by atoms with Crippen molar-refractivity contribution in [1.82, 2.24) is 14.6 Å². The Morgan fingerprint density at radius 2 is 1.96 bits per heavy atom. The van der Waals surface area contributed by atoms with Gasteiger partial charge in [-0.1, -0.05) is 24.3 Å². The average molecular weight is 345 g/mol. The normalized spacial score (nSPS) is 22.2. The number of benzene rings is 1. The summed E-state index contributed by atoms with van der Waals surface area (Å²) in [6.45, 7) is 3.34. The average Bonchev–Trinajstić information content (AvgIpc) is 3.35. The van der Waals surface area contributed by atoms with Crippen molar-refractivity contribution in [2.75, 3.05) is 19.6 Å². The molecule has 5 nitrogen and oxygen atoms in total. The number of sulfonamides is 1. The first-order valence-electron chi connectivity index (χ1n) is 8.66. The largest absolute Gasteiger partial charge is 0.297 e. The third-order valence-electron chi connectivity index (χ3n) is 4.95. The van der Waals surface area contributed by atoms with Crippen LogP contribution in [0.25, 0.3) is 10.9 Å². The highest BCUT2D eigenvalue weighted by atomic mass is 32.2. The molecule has 1 aromatic carbocycles. The van der Waals surface area contributed by atoms with Crippen LogP contribution >= 0.6 is 0 Å². The maximum Gasteiger partial charge on any atom is 0.214 e. The fraction of sp³-hybridized carbons (Fsp3) is 0.500. The predicted molar refractivity (Wildman–Crippen MR) is 95.1 cm³/mol. The lowest BCUT2D eigenvalue weighted by Gasteiger charge is -2.16. The van der Waals surface area contributed by atoms with Crippen LogP contribution in [-0.4, -0.2) is 43.2 Å². The Labute approximate surface area is 143 Å². The van der Waals surface area contributed by atoms with Gasteiger partial charge in [-0.3, -0.25) is 9.88 Å². The second kappa shape index (κ2) is 6.43. The van der Waals surface area contributed by atoms with Crippen molar-refractivity contribution in [2.24, 2.45) is 5.92 Å². The molecule has 1 saturated carbocycles. The van der Waals surface area contributed by atoms with Gasteiger partial charge in [-0.2, -0.15) is 0 Å². The molecule has 1 atom stereocenters. The summed E-state index contributed by atoms with van der Waals surface area (Å²) in [6.07, 6.45) is 2.68. The number of nitrogens with zero attached hydrogens (tertiary/aromatic N) is 2. The minimum atomic E-state index is -3.06. The van der Waals surface area contributed by atoms with Crippen LogP contribution in [0.2, 0.25) is 0 Å². The molecule has 4 rings (SSSR count). The van der Waals surface area contributed by atoms with Crippen molar-refractivity contribution in [2.45, 2.75) is 31.1 Å². The molecule has 2 aromatic rings. The molecule has 6 heteroatoms. The Balaban J connectivity index is 1.32. The topological polar surface area (TPSA) is 62.3 Å². The number of nitrogens with one attached hydrogen (secondary N) is 1. The monoisotopic (exact) mass is 345 g/mol. The van der Waals surface area contributed by atoms with Gasteiger partial charge < -0.3 is 0 Å². The van der Waals surface area contributed by atoms with Gasteiger partial charge in [0, 0.05) is 25.0 Å². The van der Waals surface area contributed by atoms with Crippen LogP contribution in [0.5, 0.6) is 0 Å². The van der Waals surface area contributed by atoms with E-state index >= 15 is 0 Å². The van der Waals surface area contributed by atoms with Crippen molar-refractivity contribution in [3.05, 3.63) is 42.1 Å². The molecule has 2 heterocycles. The molecule has 1 aromatic heterocycles. The van der Waals surface area contributed by atoms with E-state index in [0.29, 0.717) is 12.5 Å². The van der Waals surface area contributed by atoms with Crippen LogP contribution in [0.1, 0.15) is 25.0 Å². The van der Waals surface area contributed by atoms with E-state index in [1.165, 1.54) is 0 Å². The quantitative estimate of drug-likeness (QED) is 0.871. The van der Waals surface area contributed by atoms with Gasteiger partial charge in [0.2, 0.25) is 10.0 Å². The molecule has 2 aliphatic rings. The van der Waals surface area contributed by atoms with Gasteiger partial charge >= 0.3 is 0 Å². The summed E-state index contributed by atoms with van der Waals surface area (Å²) in [5.41, 5.74) is 2.11. The van der Waals surface area contributed by atoms with Gasteiger partial charge in [-0.25, -0.2) is 13.1 Å². The van der Waals surface area contributed by atoms with Crippen LogP contribution < -0.4 is 4.72 Å². The van der Waals surface area contributed by atoms with Gasteiger partial charge in [0.25, 0.3) is 0 Å². The molecule has 1 unspecified atom stereocenters. The van der Waals surface area contributed by atoms with Crippen molar-refractivity contribution < 1.29 is 8.42 Å². The van der Waals surface area contributed by atoms with E-state index in [1.54, 1.807) is 0 Å². The van der Waals surface area contributed by atoms with Gasteiger partial charge in [0.15, 0.2) is 0 Å². The number of likely N-dealkylation sites (tertiary alicyclic amines) is 1. The third-order valence-corrected chi connectivity index (χ3v) is 6.87. The summed E-state index contributed by atoms with van der Waals surface area (Å²) in [6, 6.07) is 12.4. The molecule has 1 aliphatic carbocycles. The lowest BCUT2D eigenvalue weighted by atomic mass is 10.1. The number of para-hydroxylation sites is 1. The van der Waals surface area contributed by atoms with Crippen LogP contribution in [-0.2, 0) is 16.6 Å². The molecule has 2 fully saturated rings. The number of aromatic nitrogens is 1. The number of hydrogen-bond donors (Lipinski definition) is 1. The summed E-state index contributed by atoms with van der Waals surface area (Å²) in [7, 11) is -3.06. The minimum Gasteiger partial charge on any atom is -0.297 e. The molecule has 128 valence electrons. The SMILES string of the molecule is O=S(=O)(NCC1CCN(Cc2ccc3ccccc3n2)C1)C1CC1. The van der Waals surface area contributed by atoms with Crippen molar-refractivity contribution in [1.29, 1.82) is 0 Å². The fourth-order valence-electron chi connectivity index (χ4n) is 3.38. The van der Waals surface area contributed by atoms with E-state index in [1.807, 2.05) is 18.2 Å². The zero-order valence-corrected chi connectivity index (χ0v) is 14.5. The molecule has 24 heavy (non-hydrogen) atoms. The highest BCUT2D eigenvalue weighted by Crippen LogP contribution is 2.28. The second-order valence-electron chi connectivity index (χ2n) is 6.98. The van der Waals surface area contributed by atoms with Crippen molar-refractivity contribution >= 4 is 20.9 Å². The molecular formula is C18H23N3O2S. The highest BCUT2D eigenvalue weighted by Gasteiger charge is 2.36. The fourth-order valence-corrected chi connectivity index (χ4v) is 4.84. The van der Waals surface area contributed by atoms with Gasteiger partial charge in [-0.05, 0) is 43.9 Å². The minimum absolute atomic E-state index is 0.128. The van der Waals surface area contributed by atoms with Crippen molar-refractivity contribution in [3.8, 4) is 0 Å². The summed E-state index contributed by atoms with van der Waals surface area (Å²) in [5, 5.41) is 1.03. The van der Waals surface area contributed by atoms with E-state index in [9.17, 15) is 8.42 Å². The van der Waals surface area contributed by atoms with E-state index in [0.717, 1.165) is 55.5 Å². The third kappa shape index (κ3) is 3.61. The number of hydrogen-bond acceptors (Lipinski definition) is 4. The summed E-state index contributed by atoms with van der Waals surface area (Å²) in [4.78, 5) is 7.10. The maximum atomic E-state index is 11.9. The van der Waals surface area contributed by atoms with E-state index in [4.69, 9.17) is 4.98 Å². The predicted octanol–water partition coefficient (Wildman–Crippen LogP) is 2.14. The summed E-state index contributed by atoms with van der Waals surface area (Å²) < 4.78 is 26.6. The highest BCUT2D eigenvalue weighted by molar-refractivity contribution is 7.90. The Morgan fingerprint density at radius 1 is 1.12 bits per heavy atom. The van der Waals surface area contributed by atoms with E-state index in [2.05, 4.69) is 27.8 Å². The Morgan fingerprint density at radius 3 is 2.79 bits per heavy atom. The lowest BCUT2D eigenvalue weighted by molar-refractivity contribution is 0.313. The Hall–Kier alpha value is -1.50. The molecule has 0 spiro atoms. The number of pyridine rings is 1. The smallest absolute Gasteiger partial charge is 0.214 e. The van der Waals surface area contributed by atoms with E-state index in [-0.39, 0.29) is 5.25 Å².